The number of carbonyl (C=O) groups is 1. The zero-order valence-corrected chi connectivity index (χ0v) is 16.4. The Morgan fingerprint density at radius 1 is 1.46 bits per heavy atom. The number of ether oxygens (including phenoxy) is 1. The molecule has 0 bridgehead atoms. The topological polar surface area (TPSA) is 71.1 Å². The van der Waals surface area contributed by atoms with Crippen molar-refractivity contribution in [2.24, 2.45) is 0 Å². The molecule has 130 valence electrons. The van der Waals surface area contributed by atoms with Crippen LogP contribution in [0.4, 0.5) is 4.79 Å². The lowest BCUT2D eigenvalue weighted by Gasteiger charge is -2.27. The van der Waals surface area contributed by atoms with Crippen molar-refractivity contribution < 1.29 is 9.53 Å². The highest BCUT2D eigenvalue weighted by Crippen LogP contribution is 2.33. The molecule has 0 spiro atoms. The summed E-state index contributed by atoms with van der Waals surface area (Å²) in [5.74, 6) is 1.74. The Morgan fingerprint density at radius 2 is 2.25 bits per heavy atom. The van der Waals surface area contributed by atoms with E-state index in [0.717, 1.165) is 30.9 Å². The van der Waals surface area contributed by atoms with Crippen molar-refractivity contribution in [1.29, 1.82) is 0 Å². The first-order valence-electron chi connectivity index (χ1n) is 8.29. The number of likely N-dealkylation sites (tertiary alicyclic amines) is 1. The van der Waals surface area contributed by atoms with Crippen LogP contribution in [0.5, 0.6) is 0 Å². The van der Waals surface area contributed by atoms with Crippen LogP contribution in [-0.4, -0.2) is 38.3 Å². The second kappa shape index (κ2) is 6.85. The highest BCUT2D eigenvalue weighted by molar-refractivity contribution is 14.1. The predicted octanol–water partition coefficient (Wildman–Crippen LogP) is 4.24. The number of halogens is 1. The van der Waals surface area contributed by atoms with E-state index in [0.29, 0.717) is 6.54 Å². The van der Waals surface area contributed by atoms with Gasteiger partial charge in [0.2, 0.25) is 0 Å². The van der Waals surface area contributed by atoms with Crippen LogP contribution >= 0.6 is 22.6 Å². The van der Waals surface area contributed by atoms with Gasteiger partial charge in [0.1, 0.15) is 11.4 Å². The molecule has 2 heterocycles. The van der Waals surface area contributed by atoms with Gasteiger partial charge in [0.05, 0.1) is 6.04 Å². The SMILES string of the molecule is CC(C)(C)OC(=O)N1CCC[C@H]1c1nc(C2C=CC(I)=CC2)n[nH]1. The molecular weight excluding hydrogens is 419 g/mol. The summed E-state index contributed by atoms with van der Waals surface area (Å²) in [6.07, 6.45) is 8.87. The van der Waals surface area contributed by atoms with Crippen molar-refractivity contribution in [3.63, 3.8) is 0 Å². The molecular formula is C17H23IN4O2. The van der Waals surface area contributed by atoms with Gasteiger partial charge in [-0.2, -0.15) is 5.10 Å². The molecule has 1 aromatic heterocycles. The number of H-pyrrole nitrogens is 1. The number of carbonyl (C=O) groups excluding carboxylic acids is 1. The summed E-state index contributed by atoms with van der Waals surface area (Å²) in [6, 6.07) is -0.0793. The molecule has 1 unspecified atom stereocenters. The van der Waals surface area contributed by atoms with E-state index in [1.54, 1.807) is 4.90 Å². The van der Waals surface area contributed by atoms with Crippen LogP contribution < -0.4 is 0 Å². The molecule has 1 N–H and O–H groups in total. The van der Waals surface area contributed by atoms with Gasteiger partial charge >= 0.3 is 6.09 Å². The van der Waals surface area contributed by atoms with Crippen molar-refractivity contribution in [2.45, 2.75) is 57.6 Å². The fraction of sp³-hybridized carbons (Fsp3) is 0.588. The monoisotopic (exact) mass is 442 g/mol. The van der Waals surface area contributed by atoms with Crippen LogP contribution in [0.1, 0.15) is 63.6 Å². The summed E-state index contributed by atoms with van der Waals surface area (Å²) >= 11 is 2.31. The number of hydrogen-bond acceptors (Lipinski definition) is 4. The molecule has 1 fully saturated rings. The minimum Gasteiger partial charge on any atom is -0.444 e. The fourth-order valence-corrected chi connectivity index (χ4v) is 3.44. The molecule has 2 atom stereocenters. The number of nitrogens with zero attached hydrogens (tertiary/aromatic N) is 3. The lowest BCUT2D eigenvalue weighted by atomic mass is 10.0. The lowest BCUT2D eigenvalue weighted by Crippen LogP contribution is -2.36. The summed E-state index contributed by atoms with van der Waals surface area (Å²) in [6.45, 7) is 6.34. The van der Waals surface area contributed by atoms with Gasteiger partial charge < -0.3 is 4.74 Å². The van der Waals surface area contributed by atoms with Crippen molar-refractivity contribution >= 4 is 28.7 Å². The van der Waals surface area contributed by atoms with E-state index in [-0.39, 0.29) is 18.1 Å². The van der Waals surface area contributed by atoms with Crippen LogP contribution in [0.3, 0.4) is 0 Å². The average molecular weight is 442 g/mol. The summed E-state index contributed by atoms with van der Waals surface area (Å²) in [4.78, 5) is 18.8. The molecule has 1 saturated heterocycles. The maximum atomic E-state index is 12.4. The number of aromatic nitrogens is 3. The first kappa shape index (κ1) is 17.4. The normalized spacial score (nSPS) is 24.2. The summed E-state index contributed by atoms with van der Waals surface area (Å²) < 4.78 is 6.76. The Hall–Kier alpha value is -1.38. The van der Waals surface area contributed by atoms with Gasteiger partial charge in [0.25, 0.3) is 0 Å². The minimum absolute atomic E-state index is 0.0793. The maximum absolute atomic E-state index is 12.4. The molecule has 1 aliphatic heterocycles. The third kappa shape index (κ3) is 3.99. The van der Waals surface area contributed by atoms with Crippen LogP contribution in [0.2, 0.25) is 0 Å². The molecule has 0 saturated carbocycles. The second-order valence-corrected chi connectivity index (χ2v) is 8.45. The highest BCUT2D eigenvalue weighted by atomic mass is 127. The maximum Gasteiger partial charge on any atom is 0.410 e. The largest absolute Gasteiger partial charge is 0.444 e. The average Bonchev–Trinajstić information content (AvgIpc) is 3.15. The molecule has 6 nitrogen and oxygen atoms in total. The van der Waals surface area contributed by atoms with Gasteiger partial charge in [0, 0.05) is 16.0 Å². The van der Waals surface area contributed by atoms with E-state index in [9.17, 15) is 4.79 Å². The van der Waals surface area contributed by atoms with Gasteiger partial charge in [-0.15, -0.1) is 0 Å². The molecule has 1 aromatic rings. The third-order valence-corrected chi connectivity index (χ3v) is 4.90. The van der Waals surface area contributed by atoms with Gasteiger partial charge in [-0.25, -0.2) is 9.78 Å². The molecule has 7 heteroatoms. The predicted molar refractivity (Wildman–Crippen MR) is 99.9 cm³/mol. The Bertz CT molecular complexity index is 674. The smallest absolute Gasteiger partial charge is 0.410 e. The van der Waals surface area contributed by atoms with Crippen molar-refractivity contribution in [3.05, 3.63) is 33.5 Å². The quantitative estimate of drug-likeness (QED) is 0.696. The molecule has 2 aliphatic rings. The van der Waals surface area contributed by atoms with Gasteiger partial charge in [-0.1, -0.05) is 18.2 Å². The first-order valence-corrected chi connectivity index (χ1v) is 9.37. The van der Waals surface area contributed by atoms with Gasteiger partial charge in [-0.05, 0) is 62.6 Å². The molecule has 1 aliphatic carbocycles. The molecule has 24 heavy (non-hydrogen) atoms. The van der Waals surface area contributed by atoms with E-state index < -0.39 is 5.60 Å². The van der Waals surface area contributed by atoms with E-state index in [1.165, 1.54) is 3.58 Å². The summed E-state index contributed by atoms with van der Waals surface area (Å²) in [5, 5.41) is 7.42. The lowest BCUT2D eigenvalue weighted by molar-refractivity contribution is 0.0218. The summed E-state index contributed by atoms with van der Waals surface area (Å²) in [5.41, 5.74) is -0.493. The van der Waals surface area contributed by atoms with E-state index >= 15 is 0 Å². The molecule has 0 aromatic carbocycles. The van der Waals surface area contributed by atoms with Crippen molar-refractivity contribution in [1.82, 2.24) is 20.1 Å². The van der Waals surface area contributed by atoms with Crippen molar-refractivity contribution in [2.75, 3.05) is 6.54 Å². The van der Waals surface area contributed by atoms with Gasteiger partial charge in [0.15, 0.2) is 5.82 Å². The Labute approximate surface area is 155 Å². The third-order valence-electron chi connectivity index (χ3n) is 4.10. The summed E-state index contributed by atoms with van der Waals surface area (Å²) in [7, 11) is 0. The number of rotatable bonds is 2. The van der Waals surface area contributed by atoms with Crippen LogP contribution in [-0.2, 0) is 4.74 Å². The Kier molecular flexibility index (Phi) is 4.98. The van der Waals surface area contributed by atoms with E-state index in [2.05, 4.69) is 56.0 Å². The fourth-order valence-electron chi connectivity index (χ4n) is 2.98. The number of amides is 1. The number of aromatic amines is 1. The Morgan fingerprint density at radius 3 is 2.92 bits per heavy atom. The number of nitrogens with one attached hydrogen (secondary N) is 1. The van der Waals surface area contributed by atoms with E-state index in [4.69, 9.17) is 4.74 Å². The van der Waals surface area contributed by atoms with Crippen LogP contribution in [0.25, 0.3) is 0 Å². The molecule has 0 radical (unpaired) electrons. The second-order valence-electron chi connectivity index (χ2n) is 7.20. The number of hydrogen-bond donors (Lipinski definition) is 1. The number of allylic oxidation sites excluding steroid dienone is 4. The molecule has 3 rings (SSSR count). The van der Waals surface area contributed by atoms with Crippen molar-refractivity contribution in [3.8, 4) is 0 Å². The van der Waals surface area contributed by atoms with E-state index in [1.807, 2.05) is 20.8 Å². The minimum atomic E-state index is -0.493. The molecule has 1 amide bonds. The van der Waals surface area contributed by atoms with Crippen LogP contribution in [0.15, 0.2) is 21.8 Å². The highest BCUT2D eigenvalue weighted by Gasteiger charge is 2.35. The van der Waals surface area contributed by atoms with Crippen LogP contribution in [0, 0.1) is 0 Å². The Balaban J connectivity index is 1.72. The zero-order valence-electron chi connectivity index (χ0n) is 14.3. The van der Waals surface area contributed by atoms with Gasteiger partial charge in [-0.3, -0.25) is 10.00 Å². The zero-order chi connectivity index (χ0) is 17.3. The standard InChI is InChI=1S/C17H23IN4O2/c1-17(2,3)24-16(23)22-10-4-5-13(22)15-19-14(20-21-15)11-6-8-12(18)9-7-11/h6,8-9,11,13H,4-5,7,10H2,1-3H3,(H,19,20,21)/t11?,13-/m0/s1. The first-order chi connectivity index (χ1) is 11.3.